The van der Waals surface area contributed by atoms with E-state index in [-0.39, 0.29) is 5.56 Å². The maximum absolute atomic E-state index is 13.4. The first kappa shape index (κ1) is 9.34. The Morgan fingerprint density at radius 2 is 2.21 bits per heavy atom. The number of carbonyl (C=O) groups excluding carboxylic acids is 1. The molecule has 0 amide bonds. The molecular formula is C11H12FNO. The summed E-state index contributed by atoms with van der Waals surface area (Å²) in [6.45, 7) is 3.57. The van der Waals surface area contributed by atoms with Crippen LogP contribution in [0.4, 0.5) is 4.39 Å². The van der Waals surface area contributed by atoms with Crippen molar-refractivity contribution in [3.63, 3.8) is 0 Å². The maximum atomic E-state index is 13.4. The van der Waals surface area contributed by atoms with Crippen LogP contribution in [-0.4, -0.2) is 19.4 Å². The molecule has 0 atom stereocenters. The SMILES string of the molecule is Cc1cc(C2CNC2)cc(F)c1C=O. The van der Waals surface area contributed by atoms with Gasteiger partial charge in [-0.25, -0.2) is 4.39 Å². The van der Waals surface area contributed by atoms with Crippen LogP contribution in [0.25, 0.3) is 0 Å². The average Bonchev–Trinajstić information content (AvgIpc) is 2.00. The van der Waals surface area contributed by atoms with Gasteiger partial charge in [-0.15, -0.1) is 0 Å². The fourth-order valence-corrected chi connectivity index (χ4v) is 1.69. The number of benzene rings is 1. The molecule has 14 heavy (non-hydrogen) atoms. The van der Waals surface area contributed by atoms with Crippen molar-refractivity contribution in [3.8, 4) is 0 Å². The van der Waals surface area contributed by atoms with Gasteiger partial charge in [0.25, 0.3) is 0 Å². The van der Waals surface area contributed by atoms with Gasteiger partial charge in [0.1, 0.15) is 5.82 Å². The van der Waals surface area contributed by atoms with Crippen molar-refractivity contribution in [3.05, 3.63) is 34.6 Å². The molecule has 1 saturated heterocycles. The van der Waals surface area contributed by atoms with Crippen LogP contribution in [0.5, 0.6) is 0 Å². The van der Waals surface area contributed by atoms with Gasteiger partial charge in [-0.1, -0.05) is 6.07 Å². The molecule has 0 bridgehead atoms. The highest BCUT2D eigenvalue weighted by Gasteiger charge is 2.20. The van der Waals surface area contributed by atoms with Gasteiger partial charge in [-0.2, -0.15) is 0 Å². The van der Waals surface area contributed by atoms with Crippen molar-refractivity contribution < 1.29 is 9.18 Å². The summed E-state index contributed by atoms with van der Waals surface area (Å²) in [7, 11) is 0. The summed E-state index contributed by atoms with van der Waals surface area (Å²) >= 11 is 0. The molecule has 3 heteroatoms. The topological polar surface area (TPSA) is 29.1 Å². The maximum Gasteiger partial charge on any atom is 0.153 e. The highest BCUT2D eigenvalue weighted by atomic mass is 19.1. The highest BCUT2D eigenvalue weighted by molar-refractivity contribution is 5.77. The van der Waals surface area contributed by atoms with Gasteiger partial charge in [0.2, 0.25) is 0 Å². The number of nitrogens with one attached hydrogen (secondary N) is 1. The van der Waals surface area contributed by atoms with E-state index < -0.39 is 5.82 Å². The molecule has 2 rings (SSSR count). The van der Waals surface area contributed by atoms with E-state index in [1.807, 2.05) is 6.07 Å². The first-order valence-electron chi connectivity index (χ1n) is 4.68. The molecule has 0 aliphatic carbocycles. The summed E-state index contributed by atoms with van der Waals surface area (Å²) in [5, 5.41) is 3.14. The smallest absolute Gasteiger partial charge is 0.153 e. The molecule has 0 unspecified atom stereocenters. The predicted octanol–water partition coefficient (Wildman–Crippen LogP) is 1.63. The van der Waals surface area contributed by atoms with Crippen molar-refractivity contribution in [2.75, 3.05) is 13.1 Å². The van der Waals surface area contributed by atoms with Crippen LogP contribution in [-0.2, 0) is 0 Å². The first-order chi connectivity index (χ1) is 6.72. The Labute approximate surface area is 82.1 Å². The lowest BCUT2D eigenvalue weighted by atomic mass is 9.91. The van der Waals surface area contributed by atoms with Gasteiger partial charge in [-0.3, -0.25) is 4.79 Å². The fraction of sp³-hybridized carbons (Fsp3) is 0.364. The van der Waals surface area contributed by atoms with E-state index in [0.29, 0.717) is 12.2 Å². The van der Waals surface area contributed by atoms with Crippen LogP contribution in [0.2, 0.25) is 0 Å². The van der Waals surface area contributed by atoms with Crippen molar-refractivity contribution in [1.82, 2.24) is 5.32 Å². The molecule has 1 fully saturated rings. The molecule has 0 spiro atoms. The van der Waals surface area contributed by atoms with Crippen molar-refractivity contribution in [2.45, 2.75) is 12.8 Å². The zero-order chi connectivity index (χ0) is 10.1. The van der Waals surface area contributed by atoms with Crippen molar-refractivity contribution in [1.29, 1.82) is 0 Å². The van der Waals surface area contributed by atoms with Gasteiger partial charge in [0.15, 0.2) is 6.29 Å². The third-order valence-corrected chi connectivity index (χ3v) is 2.73. The summed E-state index contributed by atoms with van der Waals surface area (Å²) in [4.78, 5) is 10.6. The standard InChI is InChI=1S/C11H12FNO/c1-7-2-8(9-4-13-5-9)3-11(12)10(7)6-14/h2-3,6,9,13H,4-5H2,1H3. The van der Waals surface area contributed by atoms with Crippen LogP contribution in [0.1, 0.15) is 27.4 Å². The minimum atomic E-state index is -0.401. The first-order valence-corrected chi connectivity index (χ1v) is 4.68. The van der Waals surface area contributed by atoms with Gasteiger partial charge in [-0.05, 0) is 24.1 Å². The van der Waals surface area contributed by atoms with Gasteiger partial charge < -0.3 is 5.32 Å². The Morgan fingerprint density at radius 3 is 2.64 bits per heavy atom. The third-order valence-electron chi connectivity index (χ3n) is 2.73. The van der Waals surface area contributed by atoms with Crippen molar-refractivity contribution in [2.24, 2.45) is 0 Å². The van der Waals surface area contributed by atoms with Crippen molar-refractivity contribution >= 4 is 6.29 Å². The molecule has 0 aromatic heterocycles. The monoisotopic (exact) mass is 193 g/mol. The Kier molecular flexibility index (Phi) is 2.33. The van der Waals surface area contributed by atoms with Gasteiger partial charge in [0, 0.05) is 19.0 Å². The molecule has 1 aliphatic heterocycles. The minimum absolute atomic E-state index is 0.182. The number of aldehydes is 1. The molecule has 0 radical (unpaired) electrons. The van der Waals surface area contributed by atoms with Crippen LogP contribution in [0, 0.1) is 12.7 Å². The average molecular weight is 193 g/mol. The summed E-state index contributed by atoms with van der Waals surface area (Å²) in [5.74, 6) is 0.00537. The van der Waals surface area contributed by atoms with E-state index in [0.717, 1.165) is 24.2 Å². The second kappa shape index (κ2) is 3.50. The zero-order valence-corrected chi connectivity index (χ0v) is 8.01. The molecule has 1 heterocycles. The lowest BCUT2D eigenvalue weighted by molar-refractivity contribution is 0.111. The quantitative estimate of drug-likeness (QED) is 0.723. The second-order valence-electron chi connectivity index (χ2n) is 3.71. The molecule has 1 N–H and O–H groups in total. The van der Waals surface area contributed by atoms with Crippen LogP contribution >= 0.6 is 0 Å². The summed E-state index contributed by atoms with van der Waals surface area (Å²) < 4.78 is 13.4. The minimum Gasteiger partial charge on any atom is -0.315 e. The third kappa shape index (κ3) is 1.44. The van der Waals surface area contributed by atoms with E-state index in [4.69, 9.17) is 0 Å². The normalized spacial score (nSPS) is 16.4. The van der Waals surface area contributed by atoms with E-state index in [9.17, 15) is 9.18 Å². The predicted molar refractivity (Wildman–Crippen MR) is 52.1 cm³/mol. The van der Waals surface area contributed by atoms with E-state index in [2.05, 4.69) is 5.32 Å². The van der Waals surface area contributed by atoms with E-state index in [1.165, 1.54) is 6.07 Å². The molecule has 1 aromatic carbocycles. The number of rotatable bonds is 2. The summed E-state index contributed by atoms with van der Waals surface area (Å²) in [6, 6.07) is 3.38. The Balaban J connectivity index is 2.40. The van der Waals surface area contributed by atoms with Gasteiger partial charge >= 0.3 is 0 Å². The summed E-state index contributed by atoms with van der Waals surface area (Å²) in [5.41, 5.74) is 1.90. The number of hydrogen-bond acceptors (Lipinski definition) is 2. The highest BCUT2D eigenvalue weighted by Crippen LogP contribution is 2.23. The van der Waals surface area contributed by atoms with Crippen LogP contribution in [0.3, 0.4) is 0 Å². The van der Waals surface area contributed by atoms with Gasteiger partial charge in [0.05, 0.1) is 5.56 Å². The fourth-order valence-electron chi connectivity index (χ4n) is 1.69. The number of aryl methyl sites for hydroxylation is 1. The Bertz CT molecular complexity index is 349. The number of carbonyl (C=O) groups is 1. The molecular weight excluding hydrogens is 181 g/mol. The second-order valence-corrected chi connectivity index (χ2v) is 3.71. The molecule has 74 valence electrons. The van der Waals surface area contributed by atoms with E-state index in [1.54, 1.807) is 6.92 Å². The number of hydrogen-bond donors (Lipinski definition) is 1. The van der Waals surface area contributed by atoms with E-state index >= 15 is 0 Å². The molecule has 2 nitrogen and oxygen atoms in total. The van der Waals surface area contributed by atoms with Crippen LogP contribution in [0.15, 0.2) is 12.1 Å². The molecule has 1 aromatic rings. The number of halogens is 1. The largest absolute Gasteiger partial charge is 0.315 e. The Morgan fingerprint density at radius 1 is 1.50 bits per heavy atom. The lowest BCUT2D eigenvalue weighted by Crippen LogP contribution is -2.39. The molecule has 0 saturated carbocycles. The van der Waals surface area contributed by atoms with Crippen LogP contribution < -0.4 is 5.32 Å². The zero-order valence-electron chi connectivity index (χ0n) is 8.01. The summed E-state index contributed by atoms with van der Waals surface area (Å²) in [6.07, 6.45) is 0.577. The lowest BCUT2D eigenvalue weighted by Gasteiger charge is -2.28. The molecule has 1 aliphatic rings. The Hall–Kier alpha value is -1.22.